The average molecular weight is 1680 g/mol. The van der Waals surface area contributed by atoms with Gasteiger partial charge in [0.2, 0.25) is 0 Å². The summed E-state index contributed by atoms with van der Waals surface area (Å²) in [5.74, 6) is 0.527. The molecule has 0 unspecified atom stereocenters. The third-order valence-electron chi connectivity index (χ3n) is 18.6. The van der Waals surface area contributed by atoms with Gasteiger partial charge in [-0.3, -0.25) is 12.1 Å². The van der Waals surface area contributed by atoms with E-state index < -0.39 is 0 Å². The van der Waals surface area contributed by atoms with E-state index >= 15 is 0 Å². The van der Waals surface area contributed by atoms with Gasteiger partial charge in [-0.25, -0.2) is 23.8 Å². The first-order valence-electron chi connectivity index (χ1n) is 33.8. The van der Waals surface area contributed by atoms with Crippen LogP contribution in [0.4, 0.5) is 0 Å². The number of benzene rings is 12. The van der Waals surface area contributed by atoms with E-state index in [0.29, 0.717) is 11.4 Å². The van der Waals surface area contributed by atoms with E-state index in [1.54, 1.807) is 0 Å². The zero-order chi connectivity index (χ0) is 68.0. The molecular weight excluding hydrogens is 1620 g/mol. The van der Waals surface area contributed by atoms with Crippen molar-refractivity contribution in [3.8, 4) is 179 Å². The topological polar surface area (TPSA) is 77.3 Å². The van der Waals surface area contributed by atoms with Crippen LogP contribution >= 0.6 is 0 Å². The standard InChI is InChI=1S/C96H58N6.2Ir/c1-2-21-73(22-3-1)96-101-63-80(64-102-96)95-89(78-59-74(85-27-8-4-23-81(85)65-37-45-69(46-38-65)91-33-12-16-53-97-91)57-75(60-78)86-28-9-5-24-82(86)66-39-47-70(48-40-66)92-34-13-17-54-98-92)31-20-32-90(95)79-61-76(87-29-10-6-25-83(87)67-41-49-71(50-42-67)93-35-14-18-55-99-93)58-77(62-79)88-30-11-7-26-84(88)68-43-51-72(52-44-68)94-36-15-19-56-100-94;;/h1-20,23-45,47,49,51,53-64H;;/q-6;2*+3. The summed E-state index contributed by atoms with van der Waals surface area (Å²) < 4.78 is 0. The Morgan fingerprint density at radius 2 is 0.462 bits per heavy atom. The van der Waals surface area contributed by atoms with Crippen LogP contribution in [0.15, 0.2) is 353 Å². The maximum Gasteiger partial charge on any atom is 3.00 e. The molecule has 17 rings (SSSR count). The molecule has 0 aliphatic rings. The molecule has 0 amide bonds. The second kappa shape index (κ2) is 30.8. The predicted molar refractivity (Wildman–Crippen MR) is 413 cm³/mol. The van der Waals surface area contributed by atoms with Gasteiger partial charge in [0.25, 0.3) is 0 Å². The van der Waals surface area contributed by atoms with Crippen LogP contribution in [0.1, 0.15) is 0 Å². The van der Waals surface area contributed by atoms with Gasteiger partial charge in [0.15, 0.2) is 0 Å². The SMILES string of the molecule is [Ir+3].[Ir+3].[c-]1ccc[c-]c1-c1ncc(-c2c(-c3cc(-c4ccccc4-c4c[c-]c(-c5ccccn5)cc4)cc(-c4ccccc4-c4c[c-]c(-c5ccccn5)cc4)c3)cccc2-c2cc(-c3ccccc3-c3c[c-]c(-c4ccccn4)cc3)cc(-c3ccccc3-c3c[c-]c(-c4ccccn4)cc3)c2)cn1. The van der Waals surface area contributed by atoms with Gasteiger partial charge in [0, 0.05) is 48.3 Å². The zero-order valence-electron chi connectivity index (χ0n) is 55.8. The van der Waals surface area contributed by atoms with Crippen molar-refractivity contribution in [3.05, 3.63) is 389 Å². The monoisotopic (exact) mass is 1680 g/mol. The molecule has 8 heteroatoms. The summed E-state index contributed by atoms with van der Waals surface area (Å²) in [5.41, 5.74) is 30.4. The Morgan fingerprint density at radius 3 is 0.721 bits per heavy atom. The molecule has 0 atom stereocenters. The van der Waals surface area contributed by atoms with Gasteiger partial charge < -0.3 is 29.9 Å². The minimum atomic E-state index is 0. The molecule has 0 aliphatic heterocycles. The Kier molecular flexibility index (Phi) is 20.0. The second-order valence-corrected chi connectivity index (χ2v) is 24.8. The molecular formula is C96H58Ir2N6. The van der Waals surface area contributed by atoms with E-state index in [1.165, 1.54) is 0 Å². The van der Waals surface area contributed by atoms with Crippen LogP contribution < -0.4 is 0 Å². The zero-order valence-corrected chi connectivity index (χ0v) is 60.6. The largest absolute Gasteiger partial charge is 3.00 e. The molecule has 5 aromatic heterocycles. The average Bonchev–Trinajstić information content (AvgIpc) is 0.758. The van der Waals surface area contributed by atoms with Crippen molar-refractivity contribution in [3.63, 3.8) is 0 Å². The van der Waals surface area contributed by atoms with Gasteiger partial charge in [-0.1, -0.05) is 208 Å². The second-order valence-electron chi connectivity index (χ2n) is 24.8. The summed E-state index contributed by atoms with van der Waals surface area (Å²) in [6, 6.07) is 131. The quantitative estimate of drug-likeness (QED) is 0.0897. The molecule has 5 heterocycles. The van der Waals surface area contributed by atoms with Crippen LogP contribution in [0.5, 0.6) is 0 Å². The first-order chi connectivity index (χ1) is 50.6. The smallest absolute Gasteiger partial charge is 0.332 e. The van der Waals surface area contributed by atoms with Crippen molar-refractivity contribution >= 4 is 0 Å². The van der Waals surface area contributed by atoms with Gasteiger partial charge in [-0.2, -0.15) is 0 Å². The van der Waals surface area contributed by atoms with Gasteiger partial charge in [0.1, 0.15) is 0 Å². The molecule has 104 heavy (non-hydrogen) atoms. The molecule has 0 saturated heterocycles. The Hall–Kier alpha value is -12.4. The molecule has 12 aromatic carbocycles. The van der Waals surface area contributed by atoms with Crippen LogP contribution in [0.25, 0.3) is 179 Å². The normalized spacial score (nSPS) is 10.9. The Labute approximate surface area is 633 Å². The van der Waals surface area contributed by atoms with Crippen molar-refractivity contribution in [1.29, 1.82) is 0 Å². The third-order valence-corrected chi connectivity index (χ3v) is 18.6. The first kappa shape index (κ1) is 67.4. The summed E-state index contributed by atoms with van der Waals surface area (Å²) >= 11 is 0. The van der Waals surface area contributed by atoms with Crippen molar-refractivity contribution in [2.75, 3.05) is 0 Å². The molecule has 490 valence electrons. The number of aromatic nitrogens is 6. The van der Waals surface area contributed by atoms with E-state index in [2.05, 4.69) is 281 Å². The summed E-state index contributed by atoms with van der Waals surface area (Å²) in [5, 5.41) is 0. The fraction of sp³-hybridized carbons (Fsp3) is 0. The number of nitrogens with zero attached hydrogens (tertiary/aromatic N) is 6. The van der Waals surface area contributed by atoms with E-state index in [-0.39, 0.29) is 40.2 Å². The molecule has 0 bridgehead atoms. The number of pyridine rings is 4. The van der Waals surface area contributed by atoms with Crippen molar-refractivity contribution in [2.45, 2.75) is 0 Å². The molecule has 17 aromatic rings. The van der Waals surface area contributed by atoms with Crippen LogP contribution in [0, 0.1) is 36.4 Å². The fourth-order valence-electron chi connectivity index (χ4n) is 13.6. The van der Waals surface area contributed by atoms with E-state index in [0.717, 1.165) is 167 Å². The number of hydrogen-bond donors (Lipinski definition) is 0. The molecule has 0 aliphatic carbocycles. The third kappa shape index (κ3) is 14.1. The molecule has 0 fully saturated rings. The van der Waals surface area contributed by atoms with E-state index in [4.69, 9.17) is 9.97 Å². The first-order valence-corrected chi connectivity index (χ1v) is 33.8. The van der Waals surface area contributed by atoms with Gasteiger partial charge in [0.05, 0.1) is 0 Å². The van der Waals surface area contributed by atoms with Crippen LogP contribution in [0.3, 0.4) is 0 Å². The Balaban J connectivity index is 0.00000435. The van der Waals surface area contributed by atoms with Crippen LogP contribution in [0.2, 0.25) is 0 Å². The molecule has 0 saturated carbocycles. The minimum absolute atomic E-state index is 0. The fourth-order valence-corrected chi connectivity index (χ4v) is 13.6. The number of rotatable bonds is 16. The van der Waals surface area contributed by atoms with Crippen molar-refractivity contribution in [1.82, 2.24) is 29.9 Å². The maximum atomic E-state index is 5.14. The predicted octanol–water partition coefficient (Wildman–Crippen LogP) is 23.5. The maximum absolute atomic E-state index is 5.14. The summed E-state index contributed by atoms with van der Waals surface area (Å²) in [4.78, 5) is 28.9. The van der Waals surface area contributed by atoms with Crippen molar-refractivity contribution < 1.29 is 40.2 Å². The van der Waals surface area contributed by atoms with Gasteiger partial charge in [-0.05, 0) is 156 Å². The van der Waals surface area contributed by atoms with Crippen LogP contribution in [-0.2, 0) is 40.2 Å². The van der Waals surface area contributed by atoms with Gasteiger partial charge >= 0.3 is 40.2 Å². The van der Waals surface area contributed by atoms with Gasteiger partial charge in [-0.15, -0.1) is 119 Å². The molecule has 0 radical (unpaired) electrons. The van der Waals surface area contributed by atoms with E-state index in [1.807, 2.05) is 128 Å². The Bertz CT molecular complexity index is 5200. The molecule has 6 nitrogen and oxygen atoms in total. The van der Waals surface area contributed by atoms with Crippen molar-refractivity contribution in [2.24, 2.45) is 0 Å². The van der Waals surface area contributed by atoms with E-state index in [9.17, 15) is 0 Å². The summed E-state index contributed by atoms with van der Waals surface area (Å²) in [7, 11) is 0. The summed E-state index contributed by atoms with van der Waals surface area (Å²) in [6.45, 7) is 0. The minimum Gasteiger partial charge on any atom is -0.332 e. The molecule has 0 spiro atoms. The van der Waals surface area contributed by atoms with Crippen LogP contribution in [-0.4, -0.2) is 29.9 Å². The number of hydrogen-bond acceptors (Lipinski definition) is 6. The molecule has 0 N–H and O–H groups in total. The summed E-state index contributed by atoms with van der Waals surface area (Å²) in [6.07, 6.45) is 11.2. The Morgan fingerprint density at radius 1 is 0.202 bits per heavy atom.